The van der Waals surface area contributed by atoms with Crippen molar-refractivity contribution in [3.63, 3.8) is 0 Å². The number of piperazine rings is 1. The molecule has 0 amide bonds. The van der Waals surface area contributed by atoms with Crippen molar-refractivity contribution >= 4 is 11.5 Å². The van der Waals surface area contributed by atoms with Crippen LogP contribution in [0.3, 0.4) is 0 Å². The van der Waals surface area contributed by atoms with E-state index in [9.17, 15) is 5.21 Å². The van der Waals surface area contributed by atoms with Gasteiger partial charge in [0.05, 0.1) is 11.9 Å². The molecule has 15 heavy (non-hydrogen) atoms. The van der Waals surface area contributed by atoms with Crippen molar-refractivity contribution in [1.82, 2.24) is 10.3 Å². The fraction of sp³-hybridized carbons (Fsp3) is 0.500. The van der Waals surface area contributed by atoms with Gasteiger partial charge in [-0.25, -0.2) is 4.98 Å². The SMILES string of the molecule is C[C@@H]1CNCCN1c1ccc(N[O-])nc1. The van der Waals surface area contributed by atoms with Crippen LogP contribution >= 0.6 is 0 Å². The monoisotopic (exact) mass is 207 g/mol. The summed E-state index contributed by atoms with van der Waals surface area (Å²) < 4.78 is 0. The molecule has 1 aromatic heterocycles. The van der Waals surface area contributed by atoms with Gasteiger partial charge in [0.2, 0.25) is 0 Å². The largest absolute Gasteiger partial charge is 0.760 e. The average molecular weight is 207 g/mol. The van der Waals surface area contributed by atoms with E-state index in [1.165, 1.54) is 0 Å². The summed E-state index contributed by atoms with van der Waals surface area (Å²) >= 11 is 0. The van der Waals surface area contributed by atoms with E-state index in [2.05, 4.69) is 22.1 Å². The summed E-state index contributed by atoms with van der Waals surface area (Å²) in [7, 11) is 0. The zero-order valence-electron chi connectivity index (χ0n) is 8.73. The van der Waals surface area contributed by atoms with Crippen molar-refractivity contribution in [1.29, 1.82) is 0 Å². The van der Waals surface area contributed by atoms with Crippen LogP contribution < -0.4 is 15.7 Å². The van der Waals surface area contributed by atoms with E-state index in [1.807, 2.05) is 6.07 Å². The molecule has 2 heterocycles. The van der Waals surface area contributed by atoms with Crippen molar-refractivity contribution in [2.45, 2.75) is 13.0 Å². The number of aromatic nitrogens is 1. The summed E-state index contributed by atoms with van der Waals surface area (Å²) in [6.07, 6.45) is 1.74. The highest BCUT2D eigenvalue weighted by molar-refractivity contribution is 5.50. The Kier molecular flexibility index (Phi) is 3.03. The van der Waals surface area contributed by atoms with E-state index in [0.29, 0.717) is 11.9 Å². The molecule has 1 aliphatic rings. The lowest BCUT2D eigenvalue weighted by Crippen LogP contribution is -2.49. The minimum atomic E-state index is 0.363. The minimum Gasteiger partial charge on any atom is -0.760 e. The van der Waals surface area contributed by atoms with Crippen molar-refractivity contribution in [2.75, 3.05) is 30.0 Å². The highest BCUT2D eigenvalue weighted by Crippen LogP contribution is 2.18. The van der Waals surface area contributed by atoms with Gasteiger partial charge in [-0.1, -0.05) is 0 Å². The second-order valence-electron chi connectivity index (χ2n) is 3.75. The lowest BCUT2D eigenvalue weighted by molar-refractivity contribution is 0.500. The van der Waals surface area contributed by atoms with Crippen LogP contribution in [0.15, 0.2) is 18.3 Å². The van der Waals surface area contributed by atoms with E-state index in [4.69, 9.17) is 0 Å². The zero-order valence-corrected chi connectivity index (χ0v) is 8.73. The quantitative estimate of drug-likeness (QED) is 0.702. The molecule has 0 aliphatic carbocycles. The second-order valence-corrected chi connectivity index (χ2v) is 3.75. The lowest BCUT2D eigenvalue weighted by Gasteiger charge is -2.35. The molecule has 2 rings (SSSR count). The van der Waals surface area contributed by atoms with Crippen LogP contribution in [0.2, 0.25) is 0 Å². The Morgan fingerprint density at radius 2 is 2.47 bits per heavy atom. The molecule has 0 spiro atoms. The van der Waals surface area contributed by atoms with Gasteiger partial charge < -0.3 is 20.9 Å². The van der Waals surface area contributed by atoms with E-state index in [0.717, 1.165) is 25.3 Å². The zero-order chi connectivity index (χ0) is 10.7. The molecule has 0 unspecified atom stereocenters. The standard InChI is InChI=1S/C10H15N4O/c1-8-6-11-4-5-14(8)9-2-3-10(13-15)12-7-9/h2-3,7-8,11H,4-6H2,1H3,(H-,12,13,15)/q-1/t8-/m1/s1. The molecule has 0 aromatic carbocycles. The third-order valence-electron chi connectivity index (χ3n) is 2.69. The number of hydrogen-bond donors (Lipinski definition) is 2. The Morgan fingerprint density at radius 3 is 3.07 bits per heavy atom. The van der Waals surface area contributed by atoms with Gasteiger partial charge in [-0.3, -0.25) is 0 Å². The maximum atomic E-state index is 10.3. The molecule has 1 atom stereocenters. The lowest BCUT2D eigenvalue weighted by atomic mass is 10.2. The summed E-state index contributed by atoms with van der Waals surface area (Å²) in [6, 6.07) is 4.10. The first-order chi connectivity index (χ1) is 7.31. The molecule has 1 fully saturated rings. The fourth-order valence-electron chi connectivity index (χ4n) is 1.84. The van der Waals surface area contributed by atoms with Gasteiger partial charge in [0.1, 0.15) is 5.82 Å². The maximum absolute atomic E-state index is 10.3. The summed E-state index contributed by atoms with van der Waals surface area (Å²) in [6.45, 7) is 5.13. The molecular weight excluding hydrogens is 192 g/mol. The summed E-state index contributed by atoms with van der Waals surface area (Å²) in [5.41, 5.74) is 2.85. The average Bonchev–Trinajstić information content (AvgIpc) is 2.30. The van der Waals surface area contributed by atoms with Crippen LogP contribution in [0.5, 0.6) is 0 Å². The van der Waals surface area contributed by atoms with Crippen LogP contribution in [0.1, 0.15) is 6.92 Å². The molecule has 1 aromatic rings. The first-order valence-electron chi connectivity index (χ1n) is 5.13. The van der Waals surface area contributed by atoms with E-state index in [1.54, 1.807) is 17.7 Å². The Bertz CT molecular complexity index is 314. The highest BCUT2D eigenvalue weighted by atomic mass is 16.5. The van der Waals surface area contributed by atoms with E-state index >= 15 is 0 Å². The third kappa shape index (κ3) is 2.19. The maximum Gasteiger partial charge on any atom is 0.115 e. The van der Waals surface area contributed by atoms with Crippen molar-refractivity contribution < 1.29 is 0 Å². The van der Waals surface area contributed by atoms with E-state index < -0.39 is 0 Å². The van der Waals surface area contributed by atoms with Gasteiger partial charge in [-0.15, -0.1) is 0 Å². The molecule has 0 radical (unpaired) electrons. The molecule has 1 saturated heterocycles. The number of nitrogens with zero attached hydrogens (tertiary/aromatic N) is 2. The summed E-state index contributed by atoms with van der Waals surface area (Å²) in [5.74, 6) is 0.363. The molecule has 1 aliphatic heterocycles. The molecular formula is C10H15N4O-. The third-order valence-corrected chi connectivity index (χ3v) is 2.69. The minimum absolute atomic E-state index is 0.363. The normalized spacial score (nSPS) is 21.5. The van der Waals surface area contributed by atoms with Gasteiger partial charge in [0.15, 0.2) is 0 Å². The molecule has 5 nitrogen and oxygen atoms in total. The Hall–Kier alpha value is -1.33. The van der Waals surface area contributed by atoms with Crippen molar-refractivity contribution in [2.24, 2.45) is 0 Å². The van der Waals surface area contributed by atoms with Crippen LogP contribution in [0.25, 0.3) is 0 Å². The first-order valence-corrected chi connectivity index (χ1v) is 5.13. The number of pyridine rings is 1. The van der Waals surface area contributed by atoms with Gasteiger partial charge >= 0.3 is 0 Å². The number of rotatable bonds is 2. The Labute approximate surface area is 89.1 Å². The van der Waals surface area contributed by atoms with Crippen LogP contribution in [-0.4, -0.2) is 30.7 Å². The van der Waals surface area contributed by atoms with Crippen molar-refractivity contribution in [3.8, 4) is 0 Å². The molecule has 5 heteroatoms. The predicted octanol–water partition coefficient (Wildman–Crippen LogP) is 0.789. The van der Waals surface area contributed by atoms with Gasteiger partial charge in [0.25, 0.3) is 0 Å². The summed E-state index contributed by atoms with van der Waals surface area (Å²) in [4.78, 5) is 6.31. The van der Waals surface area contributed by atoms with Crippen LogP contribution in [0, 0.1) is 5.21 Å². The highest BCUT2D eigenvalue weighted by Gasteiger charge is 2.17. The predicted molar refractivity (Wildman–Crippen MR) is 60.9 cm³/mol. The second kappa shape index (κ2) is 4.46. The molecule has 0 bridgehead atoms. The number of anilines is 2. The molecule has 0 saturated carbocycles. The van der Waals surface area contributed by atoms with Crippen molar-refractivity contribution in [3.05, 3.63) is 23.5 Å². The number of hydrogen-bond acceptors (Lipinski definition) is 5. The topological polar surface area (TPSA) is 63.2 Å². The first kappa shape index (κ1) is 10.2. The Balaban J connectivity index is 2.13. The van der Waals surface area contributed by atoms with E-state index in [-0.39, 0.29) is 0 Å². The van der Waals surface area contributed by atoms with Crippen LogP contribution in [0.4, 0.5) is 11.5 Å². The van der Waals surface area contributed by atoms with Gasteiger partial charge in [0, 0.05) is 25.7 Å². The van der Waals surface area contributed by atoms with Gasteiger partial charge in [-0.2, -0.15) is 0 Å². The molecule has 2 N–H and O–H groups in total. The number of nitrogens with one attached hydrogen (secondary N) is 2. The fourth-order valence-corrected chi connectivity index (χ4v) is 1.84. The summed E-state index contributed by atoms with van der Waals surface area (Å²) in [5, 5.41) is 13.7. The smallest absolute Gasteiger partial charge is 0.115 e. The molecule has 82 valence electrons. The van der Waals surface area contributed by atoms with Crippen LogP contribution in [-0.2, 0) is 0 Å². The Morgan fingerprint density at radius 1 is 1.60 bits per heavy atom. The van der Waals surface area contributed by atoms with Gasteiger partial charge in [-0.05, 0) is 19.1 Å².